The first-order valence-electron chi connectivity index (χ1n) is 3.76. The van der Waals surface area contributed by atoms with Crippen LogP contribution in [0.15, 0.2) is 27.0 Å². The van der Waals surface area contributed by atoms with E-state index in [1.54, 1.807) is 0 Å². The molecule has 0 atom stereocenters. The summed E-state index contributed by atoms with van der Waals surface area (Å²) in [7, 11) is -6.62. The number of pyridine rings is 1. The van der Waals surface area contributed by atoms with Crippen LogP contribution in [0.3, 0.4) is 0 Å². The Kier molecular flexibility index (Phi) is 3.37. The lowest BCUT2D eigenvalue weighted by Gasteiger charge is -1.99. The number of hydrogen-bond acceptors (Lipinski definition) is 4. The van der Waals surface area contributed by atoms with Gasteiger partial charge in [-0.1, -0.05) is 11.6 Å². The van der Waals surface area contributed by atoms with Gasteiger partial charge in [-0.25, -0.2) is 9.19 Å². The maximum Gasteiger partial charge on any atom is 0.291 e. The highest BCUT2D eigenvalue weighted by Crippen LogP contribution is 2.14. The fourth-order valence-electron chi connectivity index (χ4n) is 0.794. The van der Waals surface area contributed by atoms with E-state index in [-0.39, 0.29) is 10.0 Å². The number of halogens is 1. The van der Waals surface area contributed by atoms with Crippen molar-refractivity contribution in [3.05, 3.63) is 23.5 Å². The van der Waals surface area contributed by atoms with Gasteiger partial charge in [0.1, 0.15) is 10.0 Å². The van der Waals surface area contributed by atoms with E-state index in [0.717, 1.165) is 6.20 Å². The third-order valence-corrected chi connectivity index (χ3v) is 4.56. The third-order valence-electron chi connectivity index (χ3n) is 1.28. The van der Waals surface area contributed by atoms with Crippen molar-refractivity contribution in [3.8, 4) is 0 Å². The summed E-state index contributed by atoms with van der Waals surface area (Å²) in [5, 5.41) is 0.183. The number of sulfonamides is 1. The van der Waals surface area contributed by atoms with Gasteiger partial charge < -0.3 is 0 Å². The molecule has 0 spiro atoms. The Morgan fingerprint density at radius 1 is 1.27 bits per heavy atom. The zero-order chi connectivity index (χ0) is 11.7. The molecule has 8 heteroatoms. The van der Waals surface area contributed by atoms with E-state index in [9.17, 15) is 12.6 Å². The molecule has 0 bridgehead atoms. The maximum atomic E-state index is 11.5. The van der Waals surface area contributed by atoms with Crippen LogP contribution in [-0.4, -0.2) is 30.1 Å². The third kappa shape index (κ3) is 3.77. The minimum atomic E-state index is -3.91. The summed E-state index contributed by atoms with van der Waals surface area (Å²) in [6.07, 6.45) is 3.56. The van der Waals surface area contributed by atoms with Crippen LogP contribution in [0.2, 0.25) is 5.15 Å². The molecule has 0 unspecified atom stereocenters. The predicted molar refractivity (Wildman–Crippen MR) is 58.9 cm³/mol. The second kappa shape index (κ2) is 4.07. The first-order chi connectivity index (χ1) is 6.71. The van der Waals surface area contributed by atoms with E-state index < -0.39 is 19.8 Å². The highest BCUT2D eigenvalue weighted by molar-refractivity contribution is 8.02. The number of aromatic nitrogens is 1. The number of rotatable bonds is 2. The minimum Gasteiger partial charge on any atom is -0.249 e. The lowest BCUT2D eigenvalue weighted by atomic mass is 10.5. The van der Waals surface area contributed by atoms with E-state index >= 15 is 0 Å². The van der Waals surface area contributed by atoms with Gasteiger partial charge >= 0.3 is 0 Å². The molecule has 5 nitrogen and oxygen atoms in total. The normalized spacial score (nSPS) is 12.5. The Balaban J connectivity index is 3.31. The van der Waals surface area contributed by atoms with E-state index in [2.05, 4.69) is 8.75 Å². The summed E-state index contributed by atoms with van der Waals surface area (Å²) >= 11 is 5.50. The van der Waals surface area contributed by atoms with Crippen molar-refractivity contribution in [2.75, 3.05) is 12.5 Å². The molecule has 0 aromatic carbocycles. The van der Waals surface area contributed by atoms with Gasteiger partial charge in [-0.05, 0) is 12.1 Å². The van der Waals surface area contributed by atoms with Gasteiger partial charge in [-0.15, -0.1) is 3.77 Å². The van der Waals surface area contributed by atoms with Crippen LogP contribution < -0.4 is 0 Å². The second-order valence-electron chi connectivity index (χ2n) is 3.05. The van der Waals surface area contributed by atoms with E-state index in [0.29, 0.717) is 0 Å². The van der Waals surface area contributed by atoms with Crippen molar-refractivity contribution in [2.45, 2.75) is 4.90 Å². The van der Waals surface area contributed by atoms with E-state index in [1.165, 1.54) is 24.6 Å². The molecule has 15 heavy (non-hydrogen) atoms. The number of nitrogens with zero attached hydrogens (tertiary/aromatic N) is 2. The summed E-state index contributed by atoms with van der Waals surface area (Å²) in [4.78, 5) is 3.49. The van der Waals surface area contributed by atoms with Crippen LogP contribution in [0, 0.1) is 0 Å². The fraction of sp³-hybridized carbons (Fsp3) is 0.286. The zero-order valence-corrected chi connectivity index (χ0v) is 10.4. The molecular weight excluding hydrogens is 260 g/mol. The quantitative estimate of drug-likeness (QED) is 0.754. The van der Waals surface area contributed by atoms with Gasteiger partial charge in [0, 0.05) is 18.7 Å². The van der Waals surface area contributed by atoms with Gasteiger partial charge in [0.15, 0.2) is 0 Å². The van der Waals surface area contributed by atoms with Crippen molar-refractivity contribution in [1.82, 2.24) is 4.98 Å². The molecule has 84 valence electrons. The standard InChI is InChI=1S/C7H9ClN2O3S2/c1-14(2,11)10-15(12,13)6-3-4-7(8)9-5-6/h3-5H,1-2H3. The molecule has 0 N–H and O–H groups in total. The van der Waals surface area contributed by atoms with Crippen LogP contribution in [0.25, 0.3) is 0 Å². The molecule has 1 aromatic rings. The fourth-order valence-corrected chi connectivity index (χ4v) is 3.57. The van der Waals surface area contributed by atoms with Crippen LogP contribution in [0.1, 0.15) is 0 Å². The summed E-state index contributed by atoms with van der Waals surface area (Å²) in [6, 6.07) is 2.59. The molecule has 0 aliphatic carbocycles. The topological polar surface area (TPSA) is 76.5 Å². The molecule has 1 heterocycles. The lowest BCUT2D eigenvalue weighted by molar-refractivity contribution is 0.597. The average molecular weight is 269 g/mol. The monoisotopic (exact) mass is 268 g/mol. The highest BCUT2D eigenvalue weighted by Gasteiger charge is 2.14. The molecule has 0 fully saturated rings. The summed E-state index contributed by atoms with van der Waals surface area (Å²) in [5.74, 6) is 0. The summed E-state index contributed by atoms with van der Waals surface area (Å²) in [5.41, 5.74) is 0. The van der Waals surface area contributed by atoms with Crippen molar-refractivity contribution in [1.29, 1.82) is 0 Å². The Morgan fingerprint density at radius 2 is 1.87 bits per heavy atom. The van der Waals surface area contributed by atoms with Gasteiger partial charge in [0.25, 0.3) is 10.0 Å². The molecule has 0 aliphatic heterocycles. The first-order valence-corrected chi connectivity index (χ1v) is 7.91. The number of hydrogen-bond donors (Lipinski definition) is 0. The SMILES string of the molecule is CS(C)(=O)=NS(=O)(=O)c1ccc(Cl)nc1. The largest absolute Gasteiger partial charge is 0.291 e. The summed E-state index contributed by atoms with van der Waals surface area (Å²) < 4.78 is 37.6. The van der Waals surface area contributed by atoms with Gasteiger partial charge in [0.2, 0.25) is 0 Å². The maximum absolute atomic E-state index is 11.5. The molecule has 1 rings (SSSR count). The van der Waals surface area contributed by atoms with Gasteiger partial charge in [-0.3, -0.25) is 0 Å². The average Bonchev–Trinajstić information content (AvgIpc) is 2.00. The van der Waals surface area contributed by atoms with Crippen LogP contribution in [0.4, 0.5) is 0 Å². The zero-order valence-electron chi connectivity index (χ0n) is 8.05. The second-order valence-corrected chi connectivity index (χ2v) is 7.82. The molecular formula is C7H9ClN2O3S2. The van der Waals surface area contributed by atoms with Gasteiger partial charge in [-0.2, -0.15) is 8.42 Å². The van der Waals surface area contributed by atoms with Crippen molar-refractivity contribution < 1.29 is 12.6 Å². The lowest BCUT2D eigenvalue weighted by Crippen LogP contribution is -2.02. The van der Waals surface area contributed by atoms with E-state index in [1.807, 2.05) is 0 Å². The first kappa shape index (κ1) is 12.4. The van der Waals surface area contributed by atoms with Crippen molar-refractivity contribution in [3.63, 3.8) is 0 Å². The Morgan fingerprint density at radius 3 is 2.27 bits per heavy atom. The van der Waals surface area contributed by atoms with E-state index in [4.69, 9.17) is 11.6 Å². The van der Waals surface area contributed by atoms with Crippen molar-refractivity contribution >= 4 is 31.4 Å². The van der Waals surface area contributed by atoms with Crippen LogP contribution in [-0.2, 0) is 19.8 Å². The molecule has 0 saturated heterocycles. The predicted octanol–water partition coefficient (Wildman–Crippen LogP) is 1.15. The molecule has 0 radical (unpaired) electrons. The Hall–Kier alpha value is -0.660. The Labute approximate surface area is 93.7 Å². The Bertz CT molecular complexity index is 563. The van der Waals surface area contributed by atoms with Crippen molar-refractivity contribution in [2.24, 2.45) is 3.77 Å². The highest BCUT2D eigenvalue weighted by atomic mass is 35.5. The summed E-state index contributed by atoms with van der Waals surface area (Å²) in [6.45, 7) is 0. The van der Waals surface area contributed by atoms with Gasteiger partial charge in [0.05, 0.1) is 9.73 Å². The molecule has 0 saturated carbocycles. The molecule has 0 aliphatic rings. The minimum absolute atomic E-state index is 0.122. The van der Waals surface area contributed by atoms with Crippen LogP contribution in [0.5, 0.6) is 0 Å². The molecule has 0 amide bonds. The van der Waals surface area contributed by atoms with Crippen LogP contribution >= 0.6 is 11.6 Å². The smallest absolute Gasteiger partial charge is 0.249 e. The molecule has 1 aromatic heterocycles.